The molecule has 0 radical (unpaired) electrons. The zero-order chi connectivity index (χ0) is 12.4. The number of aromatic carboxylic acids is 1. The number of nitrogens with two attached hydrogens (primary N) is 2. The van der Waals surface area contributed by atoms with E-state index in [2.05, 4.69) is 9.97 Å². The van der Waals surface area contributed by atoms with Gasteiger partial charge in [-0.05, 0) is 18.8 Å². The number of rotatable bonds is 2. The quantitative estimate of drug-likeness (QED) is 0.714. The molecule has 2 rings (SSSR count). The van der Waals surface area contributed by atoms with Gasteiger partial charge in [0.15, 0.2) is 5.69 Å². The summed E-state index contributed by atoms with van der Waals surface area (Å²) in [7, 11) is 0. The second-order valence-electron chi connectivity index (χ2n) is 4.37. The molecule has 1 aromatic rings. The Balaban J connectivity index is 2.46. The maximum Gasteiger partial charge on any atom is 0.355 e. The minimum Gasteiger partial charge on any atom is -0.476 e. The largest absolute Gasteiger partial charge is 0.476 e. The van der Waals surface area contributed by atoms with Gasteiger partial charge in [-0.15, -0.1) is 0 Å². The van der Waals surface area contributed by atoms with Crippen LogP contribution in [-0.4, -0.2) is 21.0 Å². The van der Waals surface area contributed by atoms with Gasteiger partial charge in [0.2, 0.25) is 5.95 Å². The van der Waals surface area contributed by atoms with Crippen LogP contribution in [0.5, 0.6) is 0 Å². The van der Waals surface area contributed by atoms with E-state index in [0.717, 1.165) is 25.7 Å². The molecule has 0 bridgehead atoms. The van der Waals surface area contributed by atoms with E-state index in [-0.39, 0.29) is 23.4 Å². The van der Waals surface area contributed by atoms with Gasteiger partial charge in [-0.3, -0.25) is 0 Å². The van der Waals surface area contributed by atoms with Crippen molar-refractivity contribution in [3.8, 4) is 0 Å². The number of carboxylic acids is 1. The Morgan fingerprint density at radius 1 is 1.18 bits per heavy atom. The average Bonchev–Trinajstić information content (AvgIpc) is 2.29. The van der Waals surface area contributed by atoms with Crippen LogP contribution in [0, 0.1) is 0 Å². The SMILES string of the molecule is Nc1nc(N)c(C2CCCCC2)c(C(=O)O)n1. The van der Waals surface area contributed by atoms with Crippen molar-refractivity contribution >= 4 is 17.7 Å². The molecule has 0 amide bonds. The van der Waals surface area contributed by atoms with Gasteiger partial charge >= 0.3 is 5.97 Å². The van der Waals surface area contributed by atoms with Crippen LogP contribution in [0.25, 0.3) is 0 Å². The van der Waals surface area contributed by atoms with E-state index in [1.807, 2.05) is 0 Å². The Labute approximate surface area is 99.1 Å². The van der Waals surface area contributed by atoms with Gasteiger partial charge in [-0.2, -0.15) is 4.98 Å². The summed E-state index contributed by atoms with van der Waals surface area (Å²) in [6.45, 7) is 0. The highest BCUT2D eigenvalue weighted by atomic mass is 16.4. The van der Waals surface area contributed by atoms with E-state index >= 15 is 0 Å². The van der Waals surface area contributed by atoms with Gasteiger partial charge in [0.05, 0.1) is 0 Å². The summed E-state index contributed by atoms with van der Waals surface area (Å²) >= 11 is 0. The number of hydrogen-bond donors (Lipinski definition) is 3. The van der Waals surface area contributed by atoms with Crippen molar-refractivity contribution in [2.75, 3.05) is 11.5 Å². The van der Waals surface area contributed by atoms with Crippen LogP contribution >= 0.6 is 0 Å². The van der Waals surface area contributed by atoms with Crippen LogP contribution < -0.4 is 11.5 Å². The van der Waals surface area contributed by atoms with Crippen molar-refractivity contribution in [2.45, 2.75) is 38.0 Å². The third-order valence-corrected chi connectivity index (χ3v) is 3.21. The molecule has 1 fully saturated rings. The average molecular weight is 236 g/mol. The Hall–Kier alpha value is -1.85. The normalized spacial score (nSPS) is 16.9. The zero-order valence-corrected chi connectivity index (χ0v) is 9.52. The fraction of sp³-hybridized carbons (Fsp3) is 0.545. The van der Waals surface area contributed by atoms with Gasteiger partial charge in [0.1, 0.15) is 5.82 Å². The van der Waals surface area contributed by atoms with Crippen molar-refractivity contribution in [2.24, 2.45) is 0 Å². The Bertz CT molecular complexity index is 441. The Morgan fingerprint density at radius 2 is 1.82 bits per heavy atom. The van der Waals surface area contributed by atoms with E-state index in [4.69, 9.17) is 16.6 Å². The van der Waals surface area contributed by atoms with Gasteiger partial charge in [-0.1, -0.05) is 19.3 Å². The molecule has 0 spiro atoms. The van der Waals surface area contributed by atoms with Gasteiger partial charge in [0, 0.05) is 5.56 Å². The minimum absolute atomic E-state index is 0.0399. The third-order valence-electron chi connectivity index (χ3n) is 3.21. The fourth-order valence-corrected chi connectivity index (χ4v) is 2.46. The van der Waals surface area contributed by atoms with Crippen LogP contribution in [0.2, 0.25) is 0 Å². The molecule has 0 saturated heterocycles. The van der Waals surface area contributed by atoms with Crippen LogP contribution in [0.4, 0.5) is 11.8 Å². The molecule has 1 aliphatic carbocycles. The van der Waals surface area contributed by atoms with E-state index in [1.165, 1.54) is 6.42 Å². The molecule has 0 atom stereocenters. The number of nitrogens with zero attached hydrogens (tertiary/aromatic N) is 2. The van der Waals surface area contributed by atoms with Crippen molar-refractivity contribution in [3.63, 3.8) is 0 Å². The number of carboxylic acid groups (broad SMARTS) is 1. The first kappa shape index (κ1) is 11.6. The fourth-order valence-electron chi connectivity index (χ4n) is 2.46. The predicted octanol–water partition coefficient (Wildman–Crippen LogP) is 1.39. The van der Waals surface area contributed by atoms with Crippen molar-refractivity contribution in [1.29, 1.82) is 0 Å². The summed E-state index contributed by atoms with van der Waals surface area (Å²) in [5, 5.41) is 9.14. The molecule has 1 heterocycles. The predicted molar refractivity (Wildman–Crippen MR) is 63.6 cm³/mol. The molecule has 6 nitrogen and oxygen atoms in total. The van der Waals surface area contributed by atoms with Gasteiger partial charge < -0.3 is 16.6 Å². The van der Waals surface area contributed by atoms with Crippen LogP contribution in [0.15, 0.2) is 0 Å². The molecule has 1 aromatic heterocycles. The lowest BCUT2D eigenvalue weighted by Crippen LogP contribution is -2.17. The second kappa shape index (κ2) is 4.57. The number of hydrogen-bond acceptors (Lipinski definition) is 5. The van der Waals surface area contributed by atoms with E-state index in [0.29, 0.717) is 5.56 Å². The number of nitrogen functional groups attached to an aromatic ring is 2. The number of aromatic nitrogens is 2. The van der Waals surface area contributed by atoms with Crippen molar-refractivity contribution in [3.05, 3.63) is 11.3 Å². The molecular formula is C11H16N4O2. The Kier molecular flexibility index (Phi) is 3.12. The summed E-state index contributed by atoms with van der Waals surface area (Å²) in [4.78, 5) is 18.8. The van der Waals surface area contributed by atoms with Gasteiger partial charge in [-0.25, -0.2) is 9.78 Å². The van der Waals surface area contributed by atoms with Crippen LogP contribution in [-0.2, 0) is 0 Å². The molecule has 5 N–H and O–H groups in total. The molecule has 0 unspecified atom stereocenters. The topological polar surface area (TPSA) is 115 Å². The number of carbonyl (C=O) groups is 1. The van der Waals surface area contributed by atoms with Crippen LogP contribution in [0.3, 0.4) is 0 Å². The standard InChI is InChI=1S/C11H16N4O2/c12-9-7(6-4-2-1-3-5-6)8(10(16)17)14-11(13)15-9/h6H,1-5H2,(H,16,17)(H4,12,13,14,15). The minimum atomic E-state index is -1.09. The maximum atomic E-state index is 11.2. The molecule has 0 aromatic carbocycles. The molecule has 0 aliphatic heterocycles. The van der Waals surface area contributed by atoms with Crippen LogP contribution in [0.1, 0.15) is 54.1 Å². The third kappa shape index (κ3) is 2.30. The highest BCUT2D eigenvalue weighted by Crippen LogP contribution is 2.36. The molecular weight excluding hydrogens is 220 g/mol. The summed E-state index contributed by atoms with van der Waals surface area (Å²) in [6.07, 6.45) is 5.26. The smallest absolute Gasteiger partial charge is 0.355 e. The molecule has 1 aliphatic rings. The molecule has 1 saturated carbocycles. The molecule has 92 valence electrons. The number of anilines is 2. The van der Waals surface area contributed by atoms with E-state index in [1.54, 1.807) is 0 Å². The highest BCUT2D eigenvalue weighted by molar-refractivity contribution is 5.89. The maximum absolute atomic E-state index is 11.2. The van der Waals surface area contributed by atoms with E-state index in [9.17, 15) is 4.79 Å². The highest BCUT2D eigenvalue weighted by Gasteiger charge is 2.26. The summed E-state index contributed by atoms with van der Waals surface area (Å²) < 4.78 is 0. The second-order valence-corrected chi connectivity index (χ2v) is 4.37. The lowest BCUT2D eigenvalue weighted by molar-refractivity contribution is 0.0688. The monoisotopic (exact) mass is 236 g/mol. The van der Waals surface area contributed by atoms with Crippen molar-refractivity contribution in [1.82, 2.24) is 9.97 Å². The first-order valence-corrected chi connectivity index (χ1v) is 5.75. The summed E-state index contributed by atoms with van der Waals surface area (Å²) in [5.41, 5.74) is 11.7. The van der Waals surface area contributed by atoms with E-state index < -0.39 is 5.97 Å². The first-order valence-electron chi connectivity index (χ1n) is 5.75. The Morgan fingerprint density at radius 3 is 2.41 bits per heavy atom. The lowest BCUT2D eigenvalue weighted by atomic mass is 9.83. The molecule has 6 heteroatoms. The molecule has 17 heavy (non-hydrogen) atoms. The first-order chi connectivity index (χ1) is 8.09. The summed E-state index contributed by atoms with van der Waals surface area (Å²) in [5.74, 6) is -0.817. The summed E-state index contributed by atoms with van der Waals surface area (Å²) in [6, 6.07) is 0. The zero-order valence-electron chi connectivity index (χ0n) is 9.52. The van der Waals surface area contributed by atoms with Gasteiger partial charge in [0.25, 0.3) is 0 Å². The van der Waals surface area contributed by atoms with Crippen molar-refractivity contribution < 1.29 is 9.90 Å². The lowest BCUT2D eigenvalue weighted by Gasteiger charge is -2.23.